The molecule has 2 rings (SSSR count). The van der Waals surface area contributed by atoms with Gasteiger partial charge in [0.2, 0.25) is 21.8 Å². The Kier molecular flexibility index (Phi) is 10.0. The minimum absolute atomic E-state index is 0.0629. The average Bonchev–Trinajstić information content (AvgIpc) is 2.82. The van der Waals surface area contributed by atoms with Gasteiger partial charge in [-0.1, -0.05) is 56.3 Å². The van der Waals surface area contributed by atoms with E-state index in [-0.39, 0.29) is 30.0 Å². The van der Waals surface area contributed by atoms with Crippen LogP contribution in [0.4, 0.5) is 5.69 Å². The molecule has 2 atom stereocenters. The SMILES string of the molecule is CC[C@H](C(=O)N[C@@H](C)CC)N(Cc1ccccc1)C(=O)CN(c1cccc(C(C)=O)c1)S(C)(=O)=O. The van der Waals surface area contributed by atoms with Gasteiger partial charge in [0.25, 0.3) is 0 Å². The Labute approximate surface area is 208 Å². The molecule has 0 fully saturated rings. The number of anilines is 1. The topological polar surface area (TPSA) is 104 Å². The van der Waals surface area contributed by atoms with Crippen LogP contribution in [0.1, 0.15) is 56.5 Å². The van der Waals surface area contributed by atoms with Crippen molar-refractivity contribution in [3.05, 3.63) is 65.7 Å². The highest BCUT2D eigenvalue weighted by atomic mass is 32.2. The molecule has 0 unspecified atom stereocenters. The minimum Gasteiger partial charge on any atom is -0.352 e. The Hall–Kier alpha value is -3.20. The maximum atomic E-state index is 13.6. The van der Waals surface area contributed by atoms with Gasteiger partial charge in [-0.15, -0.1) is 0 Å². The Bertz CT molecular complexity index is 1130. The number of nitrogens with one attached hydrogen (secondary N) is 1. The van der Waals surface area contributed by atoms with E-state index >= 15 is 0 Å². The van der Waals surface area contributed by atoms with Crippen molar-refractivity contribution in [3.63, 3.8) is 0 Å². The summed E-state index contributed by atoms with van der Waals surface area (Å²) in [6.45, 7) is 6.70. The van der Waals surface area contributed by atoms with Gasteiger partial charge in [0, 0.05) is 18.2 Å². The molecule has 1 N–H and O–H groups in total. The Morgan fingerprint density at radius 1 is 0.971 bits per heavy atom. The number of ketones is 1. The van der Waals surface area contributed by atoms with E-state index < -0.39 is 28.5 Å². The number of hydrogen-bond donors (Lipinski definition) is 1. The molecule has 35 heavy (non-hydrogen) atoms. The molecule has 190 valence electrons. The highest BCUT2D eigenvalue weighted by Gasteiger charge is 2.32. The van der Waals surface area contributed by atoms with E-state index in [1.54, 1.807) is 12.1 Å². The van der Waals surface area contributed by atoms with Crippen molar-refractivity contribution < 1.29 is 22.8 Å². The maximum absolute atomic E-state index is 13.6. The zero-order valence-electron chi connectivity index (χ0n) is 21.0. The molecule has 0 saturated carbocycles. The van der Waals surface area contributed by atoms with Gasteiger partial charge in [-0.3, -0.25) is 18.7 Å². The van der Waals surface area contributed by atoms with Gasteiger partial charge in [-0.05, 0) is 44.4 Å². The Balaban J connectivity index is 2.45. The molecule has 2 amide bonds. The van der Waals surface area contributed by atoms with Gasteiger partial charge in [0.15, 0.2) is 5.78 Å². The molecule has 0 aliphatic carbocycles. The third kappa shape index (κ3) is 7.92. The van der Waals surface area contributed by atoms with Crippen LogP contribution in [0, 0.1) is 0 Å². The van der Waals surface area contributed by atoms with Gasteiger partial charge >= 0.3 is 0 Å². The van der Waals surface area contributed by atoms with Crippen molar-refractivity contribution in [3.8, 4) is 0 Å². The summed E-state index contributed by atoms with van der Waals surface area (Å²) < 4.78 is 26.3. The minimum atomic E-state index is -3.86. The van der Waals surface area contributed by atoms with Crippen LogP contribution in [0.5, 0.6) is 0 Å². The van der Waals surface area contributed by atoms with Gasteiger partial charge in [0.1, 0.15) is 12.6 Å². The number of nitrogens with zero attached hydrogens (tertiary/aromatic N) is 2. The van der Waals surface area contributed by atoms with Gasteiger partial charge in [-0.2, -0.15) is 0 Å². The third-order valence-corrected chi connectivity index (χ3v) is 6.94. The molecule has 0 heterocycles. The van der Waals surface area contributed by atoms with E-state index in [2.05, 4.69) is 5.32 Å². The number of amides is 2. The predicted molar refractivity (Wildman–Crippen MR) is 138 cm³/mol. The Morgan fingerprint density at radius 3 is 2.17 bits per heavy atom. The van der Waals surface area contributed by atoms with Crippen LogP contribution < -0.4 is 9.62 Å². The molecule has 0 radical (unpaired) electrons. The zero-order chi connectivity index (χ0) is 26.2. The lowest BCUT2D eigenvalue weighted by Crippen LogP contribution is -2.53. The quantitative estimate of drug-likeness (QED) is 0.449. The van der Waals surface area contributed by atoms with Gasteiger partial charge in [0.05, 0.1) is 11.9 Å². The number of hydrogen-bond acceptors (Lipinski definition) is 5. The normalized spacial score (nSPS) is 12.9. The van der Waals surface area contributed by atoms with Crippen LogP contribution in [0.15, 0.2) is 54.6 Å². The van der Waals surface area contributed by atoms with Crippen LogP contribution in [-0.2, 0) is 26.2 Å². The molecule has 0 aliphatic rings. The second-order valence-corrected chi connectivity index (χ2v) is 10.5. The number of carbonyl (C=O) groups excluding carboxylic acids is 3. The summed E-state index contributed by atoms with van der Waals surface area (Å²) in [7, 11) is -3.86. The zero-order valence-corrected chi connectivity index (χ0v) is 21.8. The van der Waals surface area contributed by atoms with Crippen LogP contribution in [-0.4, -0.2) is 55.8 Å². The standard InChI is InChI=1S/C26H35N3O5S/c1-6-19(3)27-26(32)24(7-2)28(17-21-12-9-8-10-13-21)25(31)18-29(35(5,33)34)23-15-11-14-22(16-23)20(4)30/h8-16,19,24H,6-7,17-18H2,1-5H3,(H,27,32)/t19-,24+/m0/s1. The van der Waals surface area contributed by atoms with Crippen LogP contribution >= 0.6 is 0 Å². The average molecular weight is 502 g/mol. The third-order valence-electron chi connectivity index (χ3n) is 5.80. The Morgan fingerprint density at radius 2 is 1.63 bits per heavy atom. The number of Topliss-reactive ketones (excluding diaryl/α,β-unsaturated/α-hetero) is 1. The van der Waals surface area contributed by atoms with Gasteiger partial charge in [-0.25, -0.2) is 8.42 Å². The lowest BCUT2D eigenvalue weighted by molar-refractivity contribution is -0.140. The van der Waals surface area contributed by atoms with Crippen molar-refractivity contribution in [2.75, 3.05) is 17.1 Å². The summed E-state index contributed by atoms with van der Waals surface area (Å²) in [5.74, 6) is -1.01. The lowest BCUT2D eigenvalue weighted by atomic mass is 10.1. The summed E-state index contributed by atoms with van der Waals surface area (Å²) in [5, 5.41) is 2.93. The first-order chi connectivity index (χ1) is 16.5. The largest absolute Gasteiger partial charge is 0.352 e. The fourth-order valence-electron chi connectivity index (χ4n) is 3.63. The molecule has 0 aliphatic heterocycles. The van der Waals surface area contributed by atoms with E-state index in [0.29, 0.717) is 12.0 Å². The highest BCUT2D eigenvalue weighted by molar-refractivity contribution is 7.92. The van der Waals surface area contributed by atoms with Crippen LogP contribution in [0.2, 0.25) is 0 Å². The summed E-state index contributed by atoms with van der Waals surface area (Å²) in [5.41, 5.74) is 1.37. The predicted octanol–water partition coefficient (Wildman–Crippen LogP) is 3.38. The fraction of sp³-hybridized carbons (Fsp3) is 0.423. The van der Waals surface area contributed by atoms with Crippen molar-refractivity contribution in [1.82, 2.24) is 10.2 Å². The number of rotatable bonds is 12. The number of benzene rings is 2. The van der Waals surface area contributed by atoms with Crippen LogP contribution in [0.25, 0.3) is 0 Å². The molecule has 0 spiro atoms. The molecule has 2 aromatic carbocycles. The van der Waals surface area contributed by atoms with Crippen LogP contribution in [0.3, 0.4) is 0 Å². The molecule has 8 nitrogen and oxygen atoms in total. The summed E-state index contributed by atoms with van der Waals surface area (Å²) >= 11 is 0. The molecule has 0 saturated heterocycles. The first kappa shape index (κ1) is 28.0. The second kappa shape index (κ2) is 12.5. The maximum Gasteiger partial charge on any atom is 0.244 e. The molecule has 2 aromatic rings. The second-order valence-electron chi connectivity index (χ2n) is 8.63. The lowest BCUT2D eigenvalue weighted by Gasteiger charge is -2.33. The molecular weight excluding hydrogens is 466 g/mol. The van der Waals surface area contributed by atoms with E-state index in [1.807, 2.05) is 51.1 Å². The summed E-state index contributed by atoms with van der Waals surface area (Å²) in [4.78, 5) is 40.0. The molecule has 0 bridgehead atoms. The first-order valence-corrected chi connectivity index (χ1v) is 13.5. The first-order valence-electron chi connectivity index (χ1n) is 11.7. The number of carbonyl (C=O) groups is 3. The smallest absolute Gasteiger partial charge is 0.244 e. The van der Waals surface area contributed by atoms with E-state index in [0.717, 1.165) is 22.5 Å². The van der Waals surface area contributed by atoms with Gasteiger partial charge < -0.3 is 10.2 Å². The highest BCUT2D eigenvalue weighted by Crippen LogP contribution is 2.21. The molecule has 9 heteroatoms. The number of sulfonamides is 1. The fourth-order valence-corrected chi connectivity index (χ4v) is 4.48. The van der Waals surface area contributed by atoms with Crippen molar-refractivity contribution in [2.24, 2.45) is 0 Å². The molecule has 0 aromatic heterocycles. The van der Waals surface area contributed by atoms with E-state index in [9.17, 15) is 22.8 Å². The monoisotopic (exact) mass is 501 g/mol. The van der Waals surface area contributed by atoms with Crippen molar-refractivity contribution in [1.29, 1.82) is 0 Å². The summed E-state index contributed by atoms with van der Waals surface area (Å²) in [6, 6.07) is 14.6. The molecular formula is C26H35N3O5S. The van der Waals surface area contributed by atoms with Crippen molar-refractivity contribution >= 4 is 33.3 Å². The summed E-state index contributed by atoms with van der Waals surface area (Å²) in [6.07, 6.45) is 2.11. The van der Waals surface area contributed by atoms with E-state index in [1.165, 1.54) is 24.0 Å². The van der Waals surface area contributed by atoms with E-state index in [4.69, 9.17) is 0 Å². The van der Waals surface area contributed by atoms with Crippen molar-refractivity contribution in [2.45, 2.75) is 59.2 Å².